The number of aromatic nitrogens is 3. The summed E-state index contributed by atoms with van der Waals surface area (Å²) in [7, 11) is 3.16. The minimum Gasteiger partial charge on any atom is -0.465 e. The van der Waals surface area contributed by atoms with E-state index in [1.165, 1.54) is 52.8 Å². The van der Waals surface area contributed by atoms with E-state index in [1.54, 1.807) is 28.8 Å². The summed E-state index contributed by atoms with van der Waals surface area (Å²) in [4.78, 5) is 26.5. The first-order valence-corrected chi connectivity index (χ1v) is 13.4. The molecule has 4 rings (SSSR count). The Hall–Kier alpha value is -3.02. The highest BCUT2D eigenvalue weighted by molar-refractivity contribution is 7.99. The van der Waals surface area contributed by atoms with Crippen LogP contribution in [-0.2, 0) is 23.0 Å². The zero-order valence-electron chi connectivity index (χ0n) is 19.5. The first-order chi connectivity index (χ1) is 16.8. The maximum atomic E-state index is 13.3. The Morgan fingerprint density at radius 1 is 1.14 bits per heavy atom. The van der Waals surface area contributed by atoms with Crippen LogP contribution in [0.4, 0.5) is 9.39 Å². The lowest BCUT2D eigenvalue weighted by Crippen LogP contribution is -2.16. The number of nitrogens with zero attached hydrogens (tertiary/aromatic N) is 3. The highest BCUT2D eigenvalue weighted by Gasteiger charge is 2.23. The van der Waals surface area contributed by atoms with Crippen molar-refractivity contribution >= 4 is 51.3 Å². The zero-order valence-corrected chi connectivity index (χ0v) is 22.0. The molecule has 0 fully saturated rings. The molecule has 0 aliphatic rings. The lowest BCUT2D eigenvalue weighted by atomic mass is 10.0. The Balaban J connectivity index is 1.49. The van der Waals surface area contributed by atoms with Crippen molar-refractivity contribution in [2.24, 2.45) is 7.05 Å². The zero-order chi connectivity index (χ0) is 25.1. The molecule has 0 saturated heterocycles. The van der Waals surface area contributed by atoms with Crippen molar-refractivity contribution in [3.8, 4) is 22.5 Å². The molecule has 1 amide bonds. The SMILES string of the molecule is CCc1c(-c2nnc(SCC(=O)Nc3scc(-c4ccc(F)cc4)c3C(=O)OC)n2C)csc1C. The van der Waals surface area contributed by atoms with Crippen LogP contribution in [-0.4, -0.2) is 39.5 Å². The maximum Gasteiger partial charge on any atom is 0.341 e. The van der Waals surface area contributed by atoms with E-state index in [0.717, 1.165) is 17.8 Å². The Morgan fingerprint density at radius 3 is 2.54 bits per heavy atom. The number of ether oxygens (including phenoxy) is 1. The number of thioether (sulfide) groups is 1. The highest BCUT2D eigenvalue weighted by Crippen LogP contribution is 2.37. The van der Waals surface area contributed by atoms with Crippen LogP contribution in [0.1, 0.15) is 27.7 Å². The van der Waals surface area contributed by atoms with Crippen LogP contribution in [0, 0.1) is 12.7 Å². The Bertz CT molecular complexity index is 1380. The van der Waals surface area contributed by atoms with Gasteiger partial charge in [-0.15, -0.1) is 32.9 Å². The van der Waals surface area contributed by atoms with E-state index in [2.05, 4.69) is 34.7 Å². The fourth-order valence-electron chi connectivity index (χ4n) is 3.67. The van der Waals surface area contributed by atoms with Crippen LogP contribution < -0.4 is 5.32 Å². The van der Waals surface area contributed by atoms with Gasteiger partial charge in [-0.05, 0) is 36.6 Å². The second kappa shape index (κ2) is 10.7. The predicted molar refractivity (Wildman–Crippen MR) is 139 cm³/mol. The van der Waals surface area contributed by atoms with Gasteiger partial charge in [0.1, 0.15) is 16.4 Å². The van der Waals surface area contributed by atoms with Gasteiger partial charge in [0.2, 0.25) is 5.91 Å². The molecule has 4 aromatic rings. The van der Waals surface area contributed by atoms with Crippen LogP contribution in [0.3, 0.4) is 0 Å². The third kappa shape index (κ3) is 5.16. The van der Waals surface area contributed by atoms with Crippen LogP contribution in [0.5, 0.6) is 0 Å². The standard InChI is InChI=1S/C24H23FN4O3S3/c1-5-16-13(2)33-11-18(16)21-27-28-24(29(21)3)35-12-19(30)26-22-20(23(31)32-4)17(10-34-22)14-6-8-15(25)9-7-14/h6-11H,5,12H2,1-4H3,(H,26,30). The van der Waals surface area contributed by atoms with Gasteiger partial charge in [0.25, 0.3) is 0 Å². The summed E-state index contributed by atoms with van der Waals surface area (Å²) in [6.45, 7) is 4.21. The fourth-order valence-corrected chi connectivity index (χ4v) is 6.29. The summed E-state index contributed by atoms with van der Waals surface area (Å²) in [5.41, 5.74) is 3.78. The average molecular weight is 531 g/mol. The van der Waals surface area contributed by atoms with Crippen molar-refractivity contribution in [1.82, 2.24) is 14.8 Å². The van der Waals surface area contributed by atoms with Crippen molar-refractivity contribution < 1.29 is 18.7 Å². The van der Waals surface area contributed by atoms with Gasteiger partial charge < -0.3 is 14.6 Å². The second-order valence-electron chi connectivity index (χ2n) is 7.59. The number of anilines is 1. The van der Waals surface area contributed by atoms with E-state index in [-0.39, 0.29) is 23.0 Å². The minimum absolute atomic E-state index is 0.0830. The van der Waals surface area contributed by atoms with Gasteiger partial charge >= 0.3 is 5.97 Å². The number of nitrogens with one attached hydrogen (secondary N) is 1. The largest absolute Gasteiger partial charge is 0.465 e. The summed E-state index contributed by atoms with van der Waals surface area (Å²) in [5.74, 6) is -0.396. The topological polar surface area (TPSA) is 86.1 Å². The number of hydrogen-bond donors (Lipinski definition) is 1. The highest BCUT2D eigenvalue weighted by atomic mass is 32.2. The van der Waals surface area contributed by atoms with Gasteiger partial charge in [-0.2, -0.15) is 0 Å². The van der Waals surface area contributed by atoms with Crippen LogP contribution >= 0.6 is 34.4 Å². The molecule has 0 unspecified atom stereocenters. The third-order valence-corrected chi connectivity index (χ3v) is 8.32. The van der Waals surface area contributed by atoms with Crippen molar-refractivity contribution in [3.05, 3.63) is 56.8 Å². The monoisotopic (exact) mass is 530 g/mol. The molecule has 3 aromatic heterocycles. The number of benzene rings is 1. The molecule has 0 spiro atoms. The van der Waals surface area contributed by atoms with Crippen LogP contribution in [0.15, 0.2) is 40.2 Å². The van der Waals surface area contributed by atoms with E-state index in [4.69, 9.17) is 4.74 Å². The molecule has 0 aliphatic carbocycles. The second-order valence-corrected chi connectivity index (χ2v) is 10.5. The van der Waals surface area contributed by atoms with Crippen molar-refractivity contribution in [3.63, 3.8) is 0 Å². The summed E-state index contributed by atoms with van der Waals surface area (Å²) < 4.78 is 20.2. The van der Waals surface area contributed by atoms with Gasteiger partial charge in [0, 0.05) is 33.8 Å². The van der Waals surface area contributed by atoms with Crippen LogP contribution in [0.25, 0.3) is 22.5 Å². The molecule has 1 N–H and O–H groups in total. The molecule has 35 heavy (non-hydrogen) atoms. The molecule has 0 bridgehead atoms. The van der Waals surface area contributed by atoms with E-state index in [0.29, 0.717) is 21.3 Å². The number of hydrogen-bond acceptors (Lipinski definition) is 8. The van der Waals surface area contributed by atoms with Gasteiger partial charge in [0.15, 0.2) is 11.0 Å². The molecule has 0 radical (unpaired) electrons. The number of thiophene rings is 2. The first kappa shape index (κ1) is 25.1. The van der Waals surface area contributed by atoms with E-state index < -0.39 is 5.97 Å². The summed E-state index contributed by atoms with van der Waals surface area (Å²) in [6, 6.07) is 5.80. The summed E-state index contributed by atoms with van der Waals surface area (Å²) in [6.07, 6.45) is 0.908. The number of halogens is 1. The number of carbonyl (C=O) groups excluding carboxylic acids is 2. The average Bonchev–Trinajstić information content (AvgIpc) is 3.54. The van der Waals surface area contributed by atoms with E-state index >= 15 is 0 Å². The number of methoxy groups -OCH3 is 1. The predicted octanol–water partition coefficient (Wildman–Crippen LogP) is 5.80. The number of carbonyl (C=O) groups is 2. The molecule has 0 atom stereocenters. The quantitative estimate of drug-likeness (QED) is 0.229. The molecule has 7 nitrogen and oxygen atoms in total. The summed E-state index contributed by atoms with van der Waals surface area (Å²) >= 11 is 4.16. The third-order valence-electron chi connectivity index (χ3n) is 5.45. The van der Waals surface area contributed by atoms with E-state index in [1.807, 2.05) is 11.6 Å². The molecular formula is C24H23FN4O3S3. The molecule has 182 valence electrons. The van der Waals surface area contributed by atoms with Crippen molar-refractivity contribution in [2.45, 2.75) is 25.4 Å². The lowest BCUT2D eigenvalue weighted by molar-refractivity contribution is -0.113. The summed E-state index contributed by atoms with van der Waals surface area (Å²) in [5, 5.41) is 16.2. The molecule has 1 aromatic carbocycles. The normalized spacial score (nSPS) is 11.0. The smallest absolute Gasteiger partial charge is 0.341 e. The van der Waals surface area contributed by atoms with Gasteiger partial charge in [-0.3, -0.25) is 4.79 Å². The van der Waals surface area contributed by atoms with Gasteiger partial charge in [-0.25, -0.2) is 9.18 Å². The molecule has 0 saturated carbocycles. The minimum atomic E-state index is -0.579. The molecular weight excluding hydrogens is 507 g/mol. The first-order valence-electron chi connectivity index (χ1n) is 10.7. The lowest BCUT2D eigenvalue weighted by Gasteiger charge is -2.08. The van der Waals surface area contributed by atoms with Crippen molar-refractivity contribution in [2.75, 3.05) is 18.2 Å². The molecule has 0 aliphatic heterocycles. The van der Waals surface area contributed by atoms with E-state index in [9.17, 15) is 14.0 Å². The molecule has 11 heteroatoms. The Labute approximate surface area is 214 Å². The number of aryl methyl sites for hydroxylation is 1. The number of amides is 1. The number of rotatable bonds is 8. The Kier molecular flexibility index (Phi) is 7.68. The van der Waals surface area contributed by atoms with Crippen LogP contribution in [0.2, 0.25) is 0 Å². The number of esters is 1. The Morgan fingerprint density at radius 2 is 1.86 bits per heavy atom. The molecule has 3 heterocycles. The fraction of sp³-hybridized carbons (Fsp3) is 0.250. The van der Waals surface area contributed by atoms with Gasteiger partial charge in [0.05, 0.1) is 12.9 Å². The maximum absolute atomic E-state index is 13.3. The van der Waals surface area contributed by atoms with Crippen molar-refractivity contribution in [1.29, 1.82) is 0 Å². The van der Waals surface area contributed by atoms with Gasteiger partial charge in [-0.1, -0.05) is 30.8 Å².